The van der Waals surface area contributed by atoms with Gasteiger partial charge in [-0.15, -0.1) is 0 Å². The smallest absolute Gasteiger partial charge is 0.151 e. The van der Waals surface area contributed by atoms with Gasteiger partial charge in [0.15, 0.2) is 5.15 Å². The Morgan fingerprint density at radius 3 is 2.95 bits per heavy atom. The zero-order valence-corrected chi connectivity index (χ0v) is 12.9. The van der Waals surface area contributed by atoms with E-state index in [-0.39, 0.29) is 0 Å². The van der Waals surface area contributed by atoms with Gasteiger partial charge in [0.2, 0.25) is 0 Å². The van der Waals surface area contributed by atoms with E-state index >= 15 is 0 Å². The Morgan fingerprint density at radius 2 is 2.26 bits per heavy atom. The first-order valence-corrected chi connectivity index (χ1v) is 8.00. The molecule has 0 aliphatic heterocycles. The Labute approximate surface area is 121 Å². The number of rotatable bonds is 7. The molecule has 2 unspecified atom stereocenters. The molecule has 4 heteroatoms. The summed E-state index contributed by atoms with van der Waals surface area (Å²) in [7, 11) is 0. The summed E-state index contributed by atoms with van der Waals surface area (Å²) in [6.07, 6.45) is 7.47. The maximum absolute atomic E-state index is 6.16. The Bertz CT molecular complexity index is 389. The van der Waals surface area contributed by atoms with Crippen LogP contribution < -0.4 is 5.32 Å². The van der Waals surface area contributed by atoms with Gasteiger partial charge in [-0.3, -0.25) is 0 Å². The van der Waals surface area contributed by atoms with Crippen LogP contribution in [0.25, 0.3) is 0 Å². The quantitative estimate of drug-likeness (QED) is 0.796. The van der Waals surface area contributed by atoms with Crippen molar-refractivity contribution < 1.29 is 0 Å². The van der Waals surface area contributed by atoms with Crippen LogP contribution in [0.1, 0.15) is 57.5 Å². The number of halogens is 1. The highest BCUT2D eigenvalue weighted by Crippen LogP contribution is 2.29. The molecule has 2 atom stereocenters. The van der Waals surface area contributed by atoms with E-state index in [2.05, 4.69) is 29.1 Å². The normalized spacial score (nSPS) is 23.1. The van der Waals surface area contributed by atoms with Crippen molar-refractivity contribution in [2.24, 2.45) is 11.8 Å². The monoisotopic (exact) mass is 283 g/mol. The van der Waals surface area contributed by atoms with Gasteiger partial charge in [0.25, 0.3) is 0 Å². The summed E-state index contributed by atoms with van der Waals surface area (Å²) >= 11 is 6.16. The van der Waals surface area contributed by atoms with Crippen molar-refractivity contribution in [3.63, 3.8) is 0 Å². The molecule has 0 spiro atoms. The Hall–Kier alpha value is -0.540. The zero-order valence-electron chi connectivity index (χ0n) is 12.1. The lowest BCUT2D eigenvalue weighted by Crippen LogP contribution is -2.21. The lowest BCUT2D eigenvalue weighted by Gasteiger charge is -2.10. The van der Waals surface area contributed by atoms with Crippen LogP contribution in [-0.4, -0.2) is 16.5 Å². The van der Waals surface area contributed by atoms with Gasteiger partial charge in [-0.1, -0.05) is 38.3 Å². The lowest BCUT2D eigenvalue weighted by atomic mass is 10.1. The number of hydrogen-bond acceptors (Lipinski definition) is 2. The van der Waals surface area contributed by atoms with Gasteiger partial charge in [0, 0.05) is 13.0 Å². The topological polar surface area (TPSA) is 40.7 Å². The standard InChI is InChI=1S/C15H26ClN3/c1-3-4-5-14-18-13(15(16)19-14)10-17-9-12-7-6-11(2)8-12/h11-12,17H,3-10H2,1-2H3,(H,18,19). The highest BCUT2D eigenvalue weighted by Gasteiger charge is 2.20. The molecule has 2 rings (SSSR count). The van der Waals surface area contributed by atoms with E-state index < -0.39 is 0 Å². The van der Waals surface area contributed by atoms with E-state index in [1.807, 2.05) is 0 Å². The van der Waals surface area contributed by atoms with Gasteiger partial charge >= 0.3 is 0 Å². The second-order valence-corrected chi connectivity index (χ2v) is 6.33. The molecule has 3 nitrogen and oxygen atoms in total. The van der Waals surface area contributed by atoms with Gasteiger partial charge in [0.05, 0.1) is 5.69 Å². The molecule has 1 saturated carbocycles. The first kappa shape index (κ1) is 14.9. The predicted octanol–water partition coefficient (Wildman–Crippen LogP) is 3.93. The highest BCUT2D eigenvalue weighted by molar-refractivity contribution is 6.30. The van der Waals surface area contributed by atoms with E-state index in [0.717, 1.165) is 49.3 Å². The fraction of sp³-hybridized carbons (Fsp3) is 0.800. The summed E-state index contributed by atoms with van der Waals surface area (Å²) in [4.78, 5) is 7.73. The summed E-state index contributed by atoms with van der Waals surface area (Å²) in [5.74, 6) is 2.78. The van der Waals surface area contributed by atoms with E-state index in [1.54, 1.807) is 0 Å². The fourth-order valence-corrected chi connectivity index (χ4v) is 3.15. The number of unbranched alkanes of at least 4 members (excludes halogenated alkanes) is 1. The average Bonchev–Trinajstić information content (AvgIpc) is 2.94. The summed E-state index contributed by atoms with van der Waals surface area (Å²) < 4.78 is 0. The molecule has 1 heterocycles. The molecule has 2 N–H and O–H groups in total. The number of aromatic amines is 1. The Kier molecular flexibility index (Phi) is 5.71. The van der Waals surface area contributed by atoms with Crippen molar-refractivity contribution in [2.75, 3.05) is 6.54 Å². The lowest BCUT2D eigenvalue weighted by molar-refractivity contribution is 0.469. The second kappa shape index (κ2) is 7.30. The summed E-state index contributed by atoms with van der Waals surface area (Å²) in [6.45, 7) is 6.45. The van der Waals surface area contributed by atoms with Crippen LogP contribution in [0, 0.1) is 11.8 Å². The molecule has 0 saturated heterocycles. The minimum Gasteiger partial charge on any atom is -0.344 e. The number of imidazole rings is 1. The van der Waals surface area contributed by atoms with Gasteiger partial charge in [-0.05, 0) is 37.6 Å². The molecular formula is C15H26ClN3. The number of aromatic nitrogens is 2. The number of nitrogens with one attached hydrogen (secondary N) is 2. The van der Waals surface area contributed by atoms with Gasteiger partial charge in [-0.25, -0.2) is 4.98 Å². The fourth-order valence-electron chi connectivity index (χ4n) is 2.93. The molecule has 0 radical (unpaired) electrons. The van der Waals surface area contributed by atoms with Crippen molar-refractivity contribution in [1.29, 1.82) is 0 Å². The Balaban J connectivity index is 1.74. The molecular weight excluding hydrogens is 258 g/mol. The van der Waals surface area contributed by atoms with E-state index in [0.29, 0.717) is 5.15 Å². The Morgan fingerprint density at radius 1 is 1.42 bits per heavy atom. The molecule has 1 fully saturated rings. The third-order valence-electron chi connectivity index (χ3n) is 4.08. The number of nitrogens with zero attached hydrogens (tertiary/aromatic N) is 1. The van der Waals surface area contributed by atoms with Gasteiger partial charge in [-0.2, -0.15) is 0 Å². The molecule has 0 bridgehead atoms. The van der Waals surface area contributed by atoms with Crippen LogP contribution >= 0.6 is 11.6 Å². The highest BCUT2D eigenvalue weighted by atomic mass is 35.5. The van der Waals surface area contributed by atoms with Crippen LogP contribution in [0.3, 0.4) is 0 Å². The zero-order chi connectivity index (χ0) is 13.7. The maximum atomic E-state index is 6.16. The first-order chi connectivity index (χ1) is 9.19. The predicted molar refractivity (Wildman–Crippen MR) is 80.4 cm³/mol. The van der Waals surface area contributed by atoms with Crippen LogP contribution in [0.15, 0.2) is 0 Å². The minimum atomic E-state index is 0.637. The number of H-pyrrole nitrogens is 1. The van der Waals surface area contributed by atoms with E-state index in [1.165, 1.54) is 25.7 Å². The molecule has 19 heavy (non-hydrogen) atoms. The van der Waals surface area contributed by atoms with Crippen molar-refractivity contribution >= 4 is 11.6 Å². The maximum Gasteiger partial charge on any atom is 0.151 e. The van der Waals surface area contributed by atoms with E-state index in [9.17, 15) is 0 Å². The van der Waals surface area contributed by atoms with Crippen molar-refractivity contribution in [3.8, 4) is 0 Å². The molecule has 0 aromatic carbocycles. The second-order valence-electron chi connectivity index (χ2n) is 5.97. The average molecular weight is 284 g/mol. The number of aryl methyl sites for hydroxylation is 1. The van der Waals surface area contributed by atoms with Crippen LogP contribution in [0.4, 0.5) is 0 Å². The van der Waals surface area contributed by atoms with Crippen molar-refractivity contribution in [3.05, 3.63) is 16.7 Å². The van der Waals surface area contributed by atoms with Crippen LogP contribution in [-0.2, 0) is 13.0 Å². The minimum absolute atomic E-state index is 0.637. The molecule has 1 aromatic heterocycles. The summed E-state index contributed by atoms with van der Waals surface area (Å²) in [6, 6.07) is 0. The largest absolute Gasteiger partial charge is 0.344 e. The van der Waals surface area contributed by atoms with Crippen molar-refractivity contribution in [2.45, 2.75) is 58.9 Å². The third kappa shape index (κ3) is 4.50. The van der Waals surface area contributed by atoms with Crippen molar-refractivity contribution in [1.82, 2.24) is 15.3 Å². The molecule has 1 aliphatic carbocycles. The molecule has 0 amide bonds. The molecule has 1 aromatic rings. The van der Waals surface area contributed by atoms with Crippen LogP contribution in [0.5, 0.6) is 0 Å². The first-order valence-electron chi connectivity index (χ1n) is 7.63. The summed E-state index contributed by atoms with van der Waals surface area (Å²) in [5, 5.41) is 4.16. The molecule has 1 aliphatic rings. The number of hydrogen-bond donors (Lipinski definition) is 2. The van der Waals surface area contributed by atoms with E-state index in [4.69, 9.17) is 11.6 Å². The SMILES string of the molecule is CCCCc1nc(Cl)c(CNCC2CCC(C)C2)[nH]1. The van der Waals surface area contributed by atoms with Crippen LogP contribution in [0.2, 0.25) is 5.15 Å². The molecule has 108 valence electrons. The van der Waals surface area contributed by atoms with Gasteiger partial charge < -0.3 is 10.3 Å². The summed E-state index contributed by atoms with van der Waals surface area (Å²) in [5.41, 5.74) is 1.04. The third-order valence-corrected chi connectivity index (χ3v) is 4.40. The van der Waals surface area contributed by atoms with Gasteiger partial charge in [0.1, 0.15) is 5.82 Å².